The Morgan fingerprint density at radius 2 is 1.75 bits per heavy atom. The molecule has 0 amide bonds. The molecule has 1 aromatic heterocycles. The Morgan fingerprint density at radius 3 is 2.55 bits per heavy atom. The highest BCUT2D eigenvalue weighted by atomic mass is 16.5. The molecule has 0 atom stereocenters. The first kappa shape index (κ1) is 14.6. The summed E-state index contributed by atoms with van der Waals surface area (Å²) in [6, 6.07) is 11.8. The quantitative estimate of drug-likeness (QED) is 0.623. The minimum absolute atomic E-state index is 0.701. The molecular formula is C16H21NO3. The van der Waals surface area contributed by atoms with Crippen LogP contribution in [0.15, 0.2) is 47.2 Å². The molecule has 0 fully saturated rings. The van der Waals surface area contributed by atoms with Crippen LogP contribution in [0.3, 0.4) is 0 Å². The van der Waals surface area contributed by atoms with E-state index in [1.165, 1.54) is 0 Å². The van der Waals surface area contributed by atoms with Gasteiger partial charge in [0, 0.05) is 19.1 Å². The summed E-state index contributed by atoms with van der Waals surface area (Å²) in [5, 5.41) is 3.83. The van der Waals surface area contributed by atoms with Crippen molar-refractivity contribution in [1.82, 2.24) is 5.16 Å². The number of aromatic nitrogens is 1. The number of para-hydroxylation sites is 1. The lowest BCUT2D eigenvalue weighted by atomic mass is 10.2. The summed E-state index contributed by atoms with van der Waals surface area (Å²) in [5.41, 5.74) is 0.946. The van der Waals surface area contributed by atoms with Crippen molar-refractivity contribution in [3.63, 3.8) is 0 Å². The molecule has 0 radical (unpaired) electrons. The molecule has 0 unspecified atom stereocenters. The zero-order valence-corrected chi connectivity index (χ0v) is 11.7. The number of hydrogen-bond donors (Lipinski definition) is 0. The molecule has 20 heavy (non-hydrogen) atoms. The third-order valence-electron chi connectivity index (χ3n) is 2.94. The van der Waals surface area contributed by atoms with E-state index in [9.17, 15) is 0 Å². The van der Waals surface area contributed by atoms with Crippen molar-refractivity contribution in [3.8, 4) is 5.75 Å². The molecule has 4 heteroatoms. The Hall–Kier alpha value is -1.81. The fraction of sp³-hybridized carbons (Fsp3) is 0.438. The molecule has 1 aromatic carbocycles. The van der Waals surface area contributed by atoms with Crippen LogP contribution in [-0.2, 0) is 11.2 Å². The van der Waals surface area contributed by atoms with Crippen LogP contribution in [0.4, 0.5) is 0 Å². The van der Waals surface area contributed by atoms with Gasteiger partial charge >= 0.3 is 0 Å². The first-order valence-electron chi connectivity index (χ1n) is 7.10. The largest absolute Gasteiger partial charge is 0.494 e. The Kier molecular flexibility index (Phi) is 6.68. The number of rotatable bonds is 10. The van der Waals surface area contributed by atoms with Gasteiger partial charge in [0.05, 0.1) is 18.9 Å². The van der Waals surface area contributed by atoms with E-state index in [1.807, 2.05) is 36.4 Å². The van der Waals surface area contributed by atoms with Crippen molar-refractivity contribution >= 4 is 0 Å². The highest BCUT2D eigenvalue weighted by Gasteiger charge is 1.97. The average Bonchev–Trinajstić information content (AvgIpc) is 3.00. The van der Waals surface area contributed by atoms with Gasteiger partial charge in [-0.05, 0) is 31.4 Å². The Bertz CT molecular complexity index is 442. The van der Waals surface area contributed by atoms with Crippen molar-refractivity contribution in [2.75, 3.05) is 19.8 Å². The van der Waals surface area contributed by atoms with Crippen molar-refractivity contribution in [1.29, 1.82) is 0 Å². The van der Waals surface area contributed by atoms with Crippen LogP contribution in [0.25, 0.3) is 0 Å². The Morgan fingerprint density at radius 1 is 0.900 bits per heavy atom. The summed E-state index contributed by atoms with van der Waals surface area (Å²) >= 11 is 0. The fourth-order valence-corrected chi connectivity index (χ4v) is 1.84. The van der Waals surface area contributed by atoms with E-state index in [4.69, 9.17) is 14.0 Å². The summed E-state index contributed by atoms with van der Waals surface area (Å²) in [6.45, 7) is 2.26. The molecule has 0 N–H and O–H groups in total. The van der Waals surface area contributed by atoms with Crippen LogP contribution in [-0.4, -0.2) is 25.0 Å². The van der Waals surface area contributed by atoms with Crippen LogP contribution in [0.1, 0.15) is 25.0 Å². The molecule has 0 saturated heterocycles. The predicted molar refractivity (Wildman–Crippen MR) is 76.8 cm³/mol. The second kappa shape index (κ2) is 9.15. The molecule has 0 spiro atoms. The Labute approximate surface area is 119 Å². The molecule has 0 aliphatic heterocycles. The number of unbranched alkanes of at least 4 members (excludes halogenated alkanes) is 2. The molecular weight excluding hydrogens is 254 g/mol. The molecule has 4 nitrogen and oxygen atoms in total. The molecule has 2 rings (SSSR count). The summed E-state index contributed by atoms with van der Waals surface area (Å²) in [5.74, 6) is 0.941. The van der Waals surface area contributed by atoms with Crippen molar-refractivity contribution < 1.29 is 14.0 Å². The SMILES string of the molecule is c1ccc(OCCCCCOCCc2ccon2)cc1. The topological polar surface area (TPSA) is 44.5 Å². The highest BCUT2D eigenvalue weighted by molar-refractivity contribution is 5.20. The van der Waals surface area contributed by atoms with Gasteiger partial charge in [0.2, 0.25) is 0 Å². The molecule has 0 bridgehead atoms. The molecule has 0 saturated carbocycles. The van der Waals surface area contributed by atoms with E-state index in [0.29, 0.717) is 6.61 Å². The number of benzene rings is 1. The monoisotopic (exact) mass is 275 g/mol. The van der Waals surface area contributed by atoms with E-state index in [1.54, 1.807) is 6.26 Å². The average molecular weight is 275 g/mol. The molecule has 0 aliphatic rings. The Balaban J connectivity index is 1.39. The van der Waals surface area contributed by atoms with Crippen LogP contribution >= 0.6 is 0 Å². The lowest BCUT2D eigenvalue weighted by Crippen LogP contribution is -2.02. The van der Waals surface area contributed by atoms with E-state index >= 15 is 0 Å². The predicted octanol–water partition coefficient (Wildman–Crippen LogP) is 3.48. The molecule has 108 valence electrons. The highest BCUT2D eigenvalue weighted by Crippen LogP contribution is 2.09. The third-order valence-corrected chi connectivity index (χ3v) is 2.94. The second-order valence-electron chi connectivity index (χ2n) is 4.58. The standard InChI is InChI=1S/C16H21NO3/c1-3-7-16(8-4-1)19-12-6-2-5-11-18-13-9-15-10-14-20-17-15/h1,3-4,7-8,10,14H,2,5-6,9,11-13H2. The van der Waals surface area contributed by atoms with Crippen molar-refractivity contribution in [3.05, 3.63) is 48.4 Å². The molecule has 0 aliphatic carbocycles. The van der Waals surface area contributed by atoms with Gasteiger partial charge < -0.3 is 14.0 Å². The van der Waals surface area contributed by atoms with E-state index in [-0.39, 0.29) is 0 Å². The second-order valence-corrected chi connectivity index (χ2v) is 4.58. The number of nitrogens with zero attached hydrogens (tertiary/aromatic N) is 1. The zero-order chi connectivity index (χ0) is 13.9. The van der Waals surface area contributed by atoms with Crippen molar-refractivity contribution in [2.24, 2.45) is 0 Å². The maximum absolute atomic E-state index is 5.62. The van der Waals surface area contributed by atoms with Gasteiger partial charge in [0.1, 0.15) is 12.0 Å². The van der Waals surface area contributed by atoms with Gasteiger partial charge in [-0.25, -0.2) is 0 Å². The van der Waals surface area contributed by atoms with E-state index in [2.05, 4.69) is 5.16 Å². The molecule has 1 heterocycles. The maximum Gasteiger partial charge on any atom is 0.124 e. The summed E-state index contributed by atoms with van der Waals surface area (Å²) in [7, 11) is 0. The van der Waals surface area contributed by atoms with Gasteiger partial charge in [-0.1, -0.05) is 23.4 Å². The maximum atomic E-state index is 5.62. The lowest BCUT2D eigenvalue weighted by Gasteiger charge is -2.06. The summed E-state index contributed by atoms with van der Waals surface area (Å²) in [4.78, 5) is 0. The van der Waals surface area contributed by atoms with Gasteiger partial charge in [0.25, 0.3) is 0 Å². The normalized spacial score (nSPS) is 10.6. The van der Waals surface area contributed by atoms with E-state index in [0.717, 1.165) is 50.3 Å². The first-order chi connectivity index (χ1) is 9.95. The summed E-state index contributed by atoms with van der Waals surface area (Å²) in [6.07, 6.45) is 5.64. The minimum Gasteiger partial charge on any atom is -0.494 e. The van der Waals surface area contributed by atoms with E-state index < -0.39 is 0 Å². The lowest BCUT2D eigenvalue weighted by molar-refractivity contribution is 0.130. The van der Waals surface area contributed by atoms with Gasteiger partial charge in [0.15, 0.2) is 0 Å². The number of ether oxygens (including phenoxy) is 2. The zero-order valence-electron chi connectivity index (χ0n) is 11.7. The summed E-state index contributed by atoms with van der Waals surface area (Å²) < 4.78 is 15.9. The van der Waals surface area contributed by atoms with Gasteiger partial charge in [-0.2, -0.15) is 0 Å². The fourth-order valence-electron chi connectivity index (χ4n) is 1.84. The van der Waals surface area contributed by atoms with Gasteiger partial charge in [-0.3, -0.25) is 0 Å². The number of hydrogen-bond acceptors (Lipinski definition) is 4. The molecule has 2 aromatic rings. The van der Waals surface area contributed by atoms with Crippen molar-refractivity contribution in [2.45, 2.75) is 25.7 Å². The van der Waals surface area contributed by atoms with Crippen LogP contribution < -0.4 is 4.74 Å². The minimum atomic E-state index is 0.701. The van der Waals surface area contributed by atoms with Crippen LogP contribution in [0, 0.1) is 0 Å². The van der Waals surface area contributed by atoms with Gasteiger partial charge in [-0.15, -0.1) is 0 Å². The first-order valence-corrected chi connectivity index (χ1v) is 7.10. The van der Waals surface area contributed by atoms with Crippen LogP contribution in [0.5, 0.6) is 5.75 Å². The van der Waals surface area contributed by atoms with Crippen LogP contribution in [0.2, 0.25) is 0 Å². The third kappa shape index (κ3) is 5.89. The smallest absolute Gasteiger partial charge is 0.124 e.